The number of carbonyl (C=O) groups excluding carboxylic acids is 2. The molecule has 23 heavy (non-hydrogen) atoms. The smallest absolute Gasteiger partial charge is 0.409 e. The van der Waals surface area contributed by atoms with Crippen molar-refractivity contribution in [2.24, 2.45) is 0 Å². The van der Waals surface area contributed by atoms with Gasteiger partial charge in [-0.2, -0.15) is 0 Å². The normalized spacial score (nSPS) is 14.6. The van der Waals surface area contributed by atoms with Gasteiger partial charge >= 0.3 is 6.09 Å². The second-order valence-electron chi connectivity index (χ2n) is 5.74. The molecule has 0 bridgehead atoms. The van der Waals surface area contributed by atoms with Crippen LogP contribution in [0.15, 0.2) is 18.2 Å². The summed E-state index contributed by atoms with van der Waals surface area (Å²) in [6.07, 6.45) is -0.298. The van der Waals surface area contributed by atoms with Crippen LogP contribution in [0.3, 0.4) is 0 Å². The minimum absolute atomic E-state index is 0.0504. The van der Waals surface area contributed by atoms with Crippen molar-refractivity contribution in [3.05, 3.63) is 29.3 Å². The van der Waals surface area contributed by atoms with Gasteiger partial charge in [-0.25, -0.2) is 4.79 Å². The molecular formula is C17H25N3O3. The number of ether oxygens (including phenoxy) is 1. The summed E-state index contributed by atoms with van der Waals surface area (Å²) in [5.41, 5.74) is 3.27. The van der Waals surface area contributed by atoms with Crippen molar-refractivity contribution in [3.8, 4) is 0 Å². The SMILES string of the molecule is CCOC(=O)N1CCN(C(=O)CNc2cc(C)ccc2C)CC1. The molecule has 1 heterocycles. The van der Waals surface area contributed by atoms with Crippen LogP contribution in [0.1, 0.15) is 18.1 Å². The first-order chi connectivity index (χ1) is 11.0. The predicted octanol–water partition coefficient (Wildman–Crippen LogP) is 2.02. The average molecular weight is 319 g/mol. The molecule has 6 nitrogen and oxygen atoms in total. The Hall–Kier alpha value is -2.24. The van der Waals surface area contributed by atoms with Crippen LogP contribution in [-0.2, 0) is 9.53 Å². The monoisotopic (exact) mass is 319 g/mol. The molecule has 1 aromatic carbocycles. The first-order valence-corrected chi connectivity index (χ1v) is 8.02. The zero-order chi connectivity index (χ0) is 16.8. The van der Waals surface area contributed by atoms with Gasteiger partial charge in [0.2, 0.25) is 5.91 Å². The Labute approximate surface area is 137 Å². The summed E-state index contributed by atoms with van der Waals surface area (Å²) in [6, 6.07) is 6.14. The first kappa shape index (κ1) is 17.1. The van der Waals surface area contributed by atoms with Gasteiger partial charge in [-0.05, 0) is 38.0 Å². The molecule has 1 aromatic rings. The largest absolute Gasteiger partial charge is 0.450 e. The van der Waals surface area contributed by atoms with E-state index in [0.29, 0.717) is 32.8 Å². The molecule has 0 saturated carbocycles. The number of piperazine rings is 1. The lowest BCUT2D eigenvalue weighted by Crippen LogP contribution is -2.51. The van der Waals surface area contributed by atoms with Crippen LogP contribution in [0.5, 0.6) is 0 Å². The number of aryl methyl sites for hydroxylation is 2. The van der Waals surface area contributed by atoms with Crippen LogP contribution in [0, 0.1) is 13.8 Å². The highest BCUT2D eigenvalue weighted by Gasteiger charge is 2.24. The molecule has 1 N–H and O–H groups in total. The number of nitrogens with one attached hydrogen (secondary N) is 1. The number of anilines is 1. The number of carbonyl (C=O) groups is 2. The van der Waals surface area contributed by atoms with Crippen molar-refractivity contribution in [1.29, 1.82) is 0 Å². The second-order valence-corrected chi connectivity index (χ2v) is 5.74. The molecule has 0 radical (unpaired) electrons. The molecule has 1 saturated heterocycles. The Kier molecular flexibility index (Phi) is 5.84. The van der Waals surface area contributed by atoms with E-state index < -0.39 is 0 Å². The lowest BCUT2D eigenvalue weighted by Gasteiger charge is -2.34. The minimum atomic E-state index is -0.298. The van der Waals surface area contributed by atoms with Gasteiger partial charge in [-0.15, -0.1) is 0 Å². The van der Waals surface area contributed by atoms with Crippen molar-refractivity contribution >= 4 is 17.7 Å². The molecule has 0 spiro atoms. The van der Waals surface area contributed by atoms with E-state index in [2.05, 4.69) is 11.4 Å². The Bertz CT molecular complexity index is 566. The quantitative estimate of drug-likeness (QED) is 0.922. The fourth-order valence-corrected chi connectivity index (χ4v) is 2.56. The minimum Gasteiger partial charge on any atom is -0.450 e. The lowest BCUT2D eigenvalue weighted by atomic mass is 10.1. The molecule has 0 aromatic heterocycles. The molecule has 1 aliphatic heterocycles. The van der Waals surface area contributed by atoms with Gasteiger partial charge in [-0.3, -0.25) is 4.79 Å². The van der Waals surface area contributed by atoms with E-state index in [4.69, 9.17) is 4.74 Å². The van der Waals surface area contributed by atoms with Crippen molar-refractivity contribution in [2.75, 3.05) is 44.6 Å². The van der Waals surface area contributed by atoms with Gasteiger partial charge in [0.15, 0.2) is 0 Å². The molecule has 6 heteroatoms. The van der Waals surface area contributed by atoms with Crippen molar-refractivity contribution in [3.63, 3.8) is 0 Å². The lowest BCUT2D eigenvalue weighted by molar-refractivity contribution is -0.130. The Morgan fingerprint density at radius 1 is 1.13 bits per heavy atom. The Morgan fingerprint density at radius 3 is 2.43 bits per heavy atom. The topological polar surface area (TPSA) is 61.9 Å². The van der Waals surface area contributed by atoms with E-state index >= 15 is 0 Å². The van der Waals surface area contributed by atoms with E-state index in [-0.39, 0.29) is 18.5 Å². The molecular weight excluding hydrogens is 294 g/mol. The maximum absolute atomic E-state index is 12.3. The van der Waals surface area contributed by atoms with E-state index in [0.717, 1.165) is 16.8 Å². The molecule has 0 atom stereocenters. The zero-order valence-electron chi connectivity index (χ0n) is 14.1. The number of hydrogen-bond acceptors (Lipinski definition) is 4. The van der Waals surface area contributed by atoms with Crippen molar-refractivity contribution < 1.29 is 14.3 Å². The summed E-state index contributed by atoms with van der Waals surface area (Å²) in [7, 11) is 0. The highest BCUT2D eigenvalue weighted by molar-refractivity contribution is 5.81. The van der Waals surface area contributed by atoms with Crippen LogP contribution in [0.4, 0.5) is 10.5 Å². The number of nitrogens with zero attached hydrogens (tertiary/aromatic N) is 2. The van der Waals surface area contributed by atoms with Gasteiger partial charge in [0.25, 0.3) is 0 Å². The number of hydrogen-bond donors (Lipinski definition) is 1. The number of amides is 2. The third-order valence-electron chi connectivity index (χ3n) is 3.98. The average Bonchev–Trinajstić information content (AvgIpc) is 2.55. The fraction of sp³-hybridized carbons (Fsp3) is 0.529. The van der Waals surface area contributed by atoms with Gasteiger partial charge in [-0.1, -0.05) is 12.1 Å². The number of benzene rings is 1. The van der Waals surface area contributed by atoms with E-state index in [1.807, 2.05) is 26.0 Å². The van der Waals surface area contributed by atoms with Crippen LogP contribution in [-0.4, -0.2) is 61.1 Å². The predicted molar refractivity (Wildman–Crippen MR) is 89.6 cm³/mol. The van der Waals surface area contributed by atoms with Gasteiger partial charge < -0.3 is 19.9 Å². The van der Waals surface area contributed by atoms with Crippen LogP contribution < -0.4 is 5.32 Å². The van der Waals surface area contributed by atoms with E-state index in [1.165, 1.54) is 0 Å². The summed E-state index contributed by atoms with van der Waals surface area (Å²) in [6.45, 7) is 8.61. The third-order valence-corrected chi connectivity index (χ3v) is 3.98. The molecule has 2 amide bonds. The summed E-state index contributed by atoms with van der Waals surface area (Å²) >= 11 is 0. The Morgan fingerprint density at radius 2 is 1.78 bits per heavy atom. The van der Waals surface area contributed by atoms with Gasteiger partial charge in [0.1, 0.15) is 0 Å². The fourth-order valence-electron chi connectivity index (χ4n) is 2.56. The van der Waals surface area contributed by atoms with Crippen molar-refractivity contribution in [2.45, 2.75) is 20.8 Å². The second kappa shape index (κ2) is 7.85. The summed E-state index contributed by atoms with van der Waals surface area (Å²) in [5, 5.41) is 3.21. The molecule has 0 unspecified atom stereocenters. The summed E-state index contributed by atoms with van der Waals surface area (Å²) < 4.78 is 4.98. The number of rotatable bonds is 4. The molecule has 126 valence electrons. The van der Waals surface area contributed by atoms with E-state index in [9.17, 15) is 9.59 Å². The van der Waals surface area contributed by atoms with E-state index in [1.54, 1.807) is 16.7 Å². The highest BCUT2D eigenvalue weighted by atomic mass is 16.6. The van der Waals surface area contributed by atoms with Crippen molar-refractivity contribution in [1.82, 2.24) is 9.80 Å². The van der Waals surface area contributed by atoms with Crippen LogP contribution in [0.25, 0.3) is 0 Å². The molecule has 2 rings (SSSR count). The Balaban J connectivity index is 1.81. The standard InChI is InChI=1S/C17H25N3O3/c1-4-23-17(22)20-9-7-19(8-10-20)16(21)12-18-15-11-13(2)5-6-14(15)3/h5-6,11,18H,4,7-10,12H2,1-3H3. The maximum Gasteiger partial charge on any atom is 0.409 e. The van der Waals surface area contributed by atoms with Gasteiger partial charge in [0.05, 0.1) is 13.2 Å². The first-order valence-electron chi connectivity index (χ1n) is 8.02. The van der Waals surface area contributed by atoms with Crippen LogP contribution >= 0.6 is 0 Å². The maximum atomic E-state index is 12.3. The summed E-state index contributed by atoms with van der Waals surface area (Å²) in [4.78, 5) is 27.4. The third kappa shape index (κ3) is 4.61. The molecule has 1 fully saturated rings. The summed E-state index contributed by atoms with van der Waals surface area (Å²) in [5.74, 6) is 0.0504. The van der Waals surface area contributed by atoms with Gasteiger partial charge in [0, 0.05) is 31.9 Å². The zero-order valence-corrected chi connectivity index (χ0v) is 14.1. The van der Waals surface area contributed by atoms with Crippen LogP contribution in [0.2, 0.25) is 0 Å². The molecule has 0 aliphatic carbocycles. The molecule has 1 aliphatic rings. The highest BCUT2D eigenvalue weighted by Crippen LogP contribution is 2.16.